The molecule has 0 radical (unpaired) electrons. The van der Waals surface area contributed by atoms with Crippen LogP contribution < -0.4 is 5.32 Å². The molecule has 176 valence electrons. The van der Waals surface area contributed by atoms with Crippen molar-refractivity contribution in [2.45, 2.75) is 39.7 Å². The zero-order valence-corrected chi connectivity index (χ0v) is 20.1. The molecule has 1 unspecified atom stereocenters. The minimum Gasteiger partial charge on any atom is -0.465 e. The summed E-state index contributed by atoms with van der Waals surface area (Å²) >= 11 is 5.89. The van der Waals surface area contributed by atoms with Crippen molar-refractivity contribution in [3.8, 4) is 0 Å². The van der Waals surface area contributed by atoms with Crippen molar-refractivity contribution in [3.05, 3.63) is 52.1 Å². The third-order valence-corrected chi connectivity index (χ3v) is 5.71. The van der Waals surface area contributed by atoms with Gasteiger partial charge in [0.25, 0.3) is 5.91 Å². The number of anilines is 1. The van der Waals surface area contributed by atoms with Crippen LogP contribution in [-0.2, 0) is 4.74 Å². The Kier molecular flexibility index (Phi) is 7.53. The zero-order chi connectivity index (χ0) is 24.3. The topological polar surface area (TPSA) is 105 Å². The highest BCUT2D eigenvalue weighted by molar-refractivity contribution is 6.30. The first-order chi connectivity index (χ1) is 15.6. The quantitative estimate of drug-likeness (QED) is 0.678. The molecule has 1 aromatic carbocycles. The number of carbonyl (C=O) groups excluding carboxylic acids is 3. The maximum atomic E-state index is 13.4. The van der Waals surface area contributed by atoms with Crippen LogP contribution in [0.4, 0.5) is 10.5 Å². The Morgan fingerprint density at radius 3 is 2.39 bits per heavy atom. The first-order valence-electron chi connectivity index (χ1n) is 10.7. The summed E-state index contributed by atoms with van der Waals surface area (Å²) in [4.78, 5) is 50.6. The molecule has 1 saturated heterocycles. The molecule has 2 aromatic rings. The van der Waals surface area contributed by atoms with Crippen LogP contribution in [-0.4, -0.2) is 70.5 Å². The molecule has 0 bridgehead atoms. The number of halogens is 1. The second-order valence-corrected chi connectivity index (χ2v) is 8.69. The normalized spacial score (nSPS) is 16.0. The number of amides is 3. The summed E-state index contributed by atoms with van der Waals surface area (Å²) in [6.45, 7) is 8.27. The van der Waals surface area contributed by atoms with Crippen molar-refractivity contribution in [1.82, 2.24) is 19.8 Å². The van der Waals surface area contributed by atoms with Crippen molar-refractivity contribution in [2.75, 3.05) is 32.1 Å². The lowest BCUT2D eigenvalue weighted by Gasteiger charge is -2.39. The number of nitrogens with zero attached hydrogens (tertiary/aromatic N) is 4. The monoisotopic (exact) mass is 473 g/mol. The van der Waals surface area contributed by atoms with Crippen molar-refractivity contribution in [1.29, 1.82) is 0 Å². The van der Waals surface area contributed by atoms with E-state index in [1.807, 2.05) is 20.8 Å². The van der Waals surface area contributed by atoms with Crippen LogP contribution in [0.25, 0.3) is 0 Å². The second-order valence-electron chi connectivity index (χ2n) is 8.26. The van der Waals surface area contributed by atoms with E-state index in [4.69, 9.17) is 16.3 Å². The van der Waals surface area contributed by atoms with Crippen LogP contribution in [0.1, 0.15) is 59.1 Å². The molecule has 3 amide bonds. The molecule has 10 heteroatoms. The van der Waals surface area contributed by atoms with Gasteiger partial charge in [0.2, 0.25) is 0 Å². The van der Waals surface area contributed by atoms with Gasteiger partial charge in [0, 0.05) is 36.4 Å². The number of aryl methyl sites for hydroxylation is 1. The van der Waals surface area contributed by atoms with Crippen LogP contribution in [0.5, 0.6) is 0 Å². The fourth-order valence-corrected chi connectivity index (χ4v) is 3.92. The van der Waals surface area contributed by atoms with Gasteiger partial charge in [-0.1, -0.05) is 25.4 Å². The number of benzene rings is 1. The fourth-order valence-electron chi connectivity index (χ4n) is 3.79. The average molecular weight is 474 g/mol. The number of urea groups is 1. The van der Waals surface area contributed by atoms with Crippen LogP contribution in [0, 0.1) is 6.92 Å². The summed E-state index contributed by atoms with van der Waals surface area (Å²) in [5.41, 5.74) is 1.24. The molecule has 1 aliphatic heterocycles. The summed E-state index contributed by atoms with van der Waals surface area (Å²) in [6.07, 6.45) is 0. The van der Waals surface area contributed by atoms with E-state index < -0.39 is 5.97 Å². The van der Waals surface area contributed by atoms with Gasteiger partial charge in [0.1, 0.15) is 17.1 Å². The van der Waals surface area contributed by atoms with Gasteiger partial charge in [0.05, 0.1) is 12.8 Å². The minimum absolute atomic E-state index is 0.0318. The molecule has 3 rings (SSSR count). The lowest BCUT2D eigenvalue weighted by molar-refractivity contribution is 0.0550. The largest absolute Gasteiger partial charge is 0.465 e. The summed E-state index contributed by atoms with van der Waals surface area (Å²) < 4.78 is 4.92. The molecule has 1 fully saturated rings. The fraction of sp³-hybridized carbons (Fsp3) is 0.435. The van der Waals surface area contributed by atoms with E-state index in [0.717, 1.165) is 0 Å². The number of methoxy groups -OCH3 is 1. The Morgan fingerprint density at radius 1 is 1.15 bits per heavy atom. The van der Waals surface area contributed by atoms with E-state index in [0.29, 0.717) is 41.9 Å². The van der Waals surface area contributed by atoms with Gasteiger partial charge in [-0.25, -0.2) is 19.6 Å². The Bertz CT molecular complexity index is 1060. The molecule has 9 nitrogen and oxygen atoms in total. The number of nitrogens with one attached hydrogen (secondary N) is 1. The van der Waals surface area contributed by atoms with Gasteiger partial charge in [-0.3, -0.25) is 4.79 Å². The van der Waals surface area contributed by atoms with Crippen molar-refractivity contribution < 1.29 is 19.1 Å². The first kappa shape index (κ1) is 24.4. The number of aromatic nitrogens is 2. The standard InChI is InChI=1S/C23H28ClN5O4/c1-13(2)19-18(22(31)33-5)20(26-15(4)25-19)21(30)28-10-11-29(14(3)12-28)23(32)27-17-8-6-16(24)7-9-17/h6-9,13-14H,10-12H2,1-5H3,(H,27,32). The molecule has 33 heavy (non-hydrogen) atoms. The van der Waals surface area contributed by atoms with Crippen LogP contribution in [0.3, 0.4) is 0 Å². The van der Waals surface area contributed by atoms with Crippen LogP contribution in [0.2, 0.25) is 5.02 Å². The first-order valence-corrected chi connectivity index (χ1v) is 11.1. The summed E-state index contributed by atoms with van der Waals surface area (Å²) in [6, 6.07) is 6.35. The van der Waals surface area contributed by atoms with Crippen molar-refractivity contribution >= 4 is 35.2 Å². The van der Waals surface area contributed by atoms with Gasteiger partial charge < -0.3 is 19.9 Å². The van der Waals surface area contributed by atoms with Crippen molar-refractivity contribution in [2.24, 2.45) is 0 Å². The third kappa shape index (κ3) is 5.42. The molecule has 2 heterocycles. The number of esters is 1. The SMILES string of the molecule is COC(=O)c1c(C(=O)N2CCN(C(=O)Nc3ccc(Cl)cc3)C(C)C2)nc(C)nc1C(C)C. The van der Waals surface area contributed by atoms with Gasteiger partial charge >= 0.3 is 12.0 Å². The molecular formula is C23H28ClN5O4. The number of hydrogen-bond donors (Lipinski definition) is 1. The molecule has 0 saturated carbocycles. The molecule has 0 spiro atoms. The van der Waals surface area contributed by atoms with Gasteiger partial charge in [-0.2, -0.15) is 0 Å². The summed E-state index contributed by atoms with van der Waals surface area (Å²) in [5, 5.41) is 3.43. The van der Waals surface area contributed by atoms with E-state index in [1.54, 1.807) is 41.0 Å². The Labute approximate surface area is 198 Å². The Hall–Kier alpha value is -3.20. The van der Waals surface area contributed by atoms with Gasteiger partial charge in [-0.15, -0.1) is 0 Å². The molecule has 1 aromatic heterocycles. The lowest BCUT2D eigenvalue weighted by Crippen LogP contribution is -2.56. The highest BCUT2D eigenvalue weighted by Crippen LogP contribution is 2.24. The predicted octanol–water partition coefficient (Wildman–Crippen LogP) is 3.73. The van der Waals surface area contributed by atoms with Crippen LogP contribution in [0.15, 0.2) is 24.3 Å². The van der Waals surface area contributed by atoms with E-state index in [9.17, 15) is 14.4 Å². The zero-order valence-electron chi connectivity index (χ0n) is 19.4. The average Bonchev–Trinajstić information content (AvgIpc) is 2.78. The predicted molar refractivity (Wildman–Crippen MR) is 125 cm³/mol. The minimum atomic E-state index is -0.643. The smallest absolute Gasteiger partial charge is 0.342 e. The lowest BCUT2D eigenvalue weighted by atomic mass is 10.0. The second kappa shape index (κ2) is 10.2. The Morgan fingerprint density at radius 2 is 1.82 bits per heavy atom. The van der Waals surface area contributed by atoms with Gasteiger partial charge in [0.15, 0.2) is 0 Å². The maximum absolute atomic E-state index is 13.4. The highest BCUT2D eigenvalue weighted by Gasteiger charge is 2.34. The molecule has 0 aliphatic carbocycles. The van der Waals surface area contributed by atoms with Gasteiger partial charge in [-0.05, 0) is 44.0 Å². The summed E-state index contributed by atoms with van der Waals surface area (Å²) in [5.74, 6) is -0.716. The highest BCUT2D eigenvalue weighted by atomic mass is 35.5. The molecule has 1 aliphatic rings. The van der Waals surface area contributed by atoms with E-state index in [-0.39, 0.29) is 35.2 Å². The summed E-state index contributed by atoms with van der Waals surface area (Å²) in [7, 11) is 1.26. The maximum Gasteiger partial charge on any atom is 0.342 e. The number of piperazine rings is 1. The van der Waals surface area contributed by atoms with Crippen molar-refractivity contribution in [3.63, 3.8) is 0 Å². The Balaban J connectivity index is 1.78. The molecular weight excluding hydrogens is 446 g/mol. The third-order valence-electron chi connectivity index (χ3n) is 5.46. The molecule has 1 N–H and O–H groups in total. The van der Waals surface area contributed by atoms with E-state index >= 15 is 0 Å². The number of carbonyl (C=O) groups is 3. The van der Waals surface area contributed by atoms with E-state index in [1.165, 1.54) is 7.11 Å². The number of ether oxygens (including phenoxy) is 1. The number of rotatable bonds is 4. The van der Waals surface area contributed by atoms with E-state index in [2.05, 4.69) is 15.3 Å². The van der Waals surface area contributed by atoms with Crippen LogP contribution >= 0.6 is 11.6 Å². The number of hydrogen-bond acceptors (Lipinski definition) is 6. The molecule has 1 atom stereocenters.